The van der Waals surface area contributed by atoms with Crippen LogP contribution in [0.2, 0.25) is 0 Å². The van der Waals surface area contributed by atoms with Crippen LogP contribution in [0.5, 0.6) is 0 Å². The third-order valence-electron chi connectivity index (χ3n) is 2.83. The molecular formula is C13H19N3O. The average molecular weight is 233 g/mol. The number of amides is 1. The number of hydrogen-bond acceptors (Lipinski definition) is 3. The summed E-state index contributed by atoms with van der Waals surface area (Å²) in [6, 6.07) is 8.13. The van der Waals surface area contributed by atoms with E-state index in [1.807, 2.05) is 31.2 Å². The Hall–Kier alpha value is -1.55. The monoisotopic (exact) mass is 233 g/mol. The van der Waals surface area contributed by atoms with Gasteiger partial charge in [-0.2, -0.15) is 0 Å². The van der Waals surface area contributed by atoms with Crippen LogP contribution in [0, 0.1) is 0 Å². The van der Waals surface area contributed by atoms with E-state index in [9.17, 15) is 4.79 Å². The van der Waals surface area contributed by atoms with Gasteiger partial charge in [-0.3, -0.25) is 4.79 Å². The Morgan fingerprint density at radius 2 is 2.06 bits per heavy atom. The maximum absolute atomic E-state index is 11.7. The van der Waals surface area contributed by atoms with E-state index in [1.54, 1.807) is 0 Å². The normalized spacial score (nSPS) is 16.4. The summed E-state index contributed by atoms with van der Waals surface area (Å²) in [4.78, 5) is 11.7. The maximum Gasteiger partial charge on any atom is 0.251 e. The zero-order valence-electron chi connectivity index (χ0n) is 10.1. The molecule has 1 saturated carbocycles. The van der Waals surface area contributed by atoms with Crippen molar-refractivity contribution in [2.75, 3.05) is 11.9 Å². The molecule has 92 valence electrons. The third kappa shape index (κ3) is 3.46. The molecule has 1 aliphatic carbocycles. The summed E-state index contributed by atoms with van der Waals surface area (Å²) in [7, 11) is 0. The lowest BCUT2D eigenvalue weighted by Crippen LogP contribution is -2.26. The molecule has 1 aromatic rings. The minimum Gasteiger partial charge on any atom is -0.381 e. The van der Waals surface area contributed by atoms with Crippen LogP contribution < -0.4 is 16.4 Å². The third-order valence-corrected chi connectivity index (χ3v) is 2.83. The van der Waals surface area contributed by atoms with E-state index in [0.717, 1.165) is 18.5 Å². The zero-order chi connectivity index (χ0) is 12.3. The molecule has 0 radical (unpaired) electrons. The van der Waals surface area contributed by atoms with E-state index < -0.39 is 0 Å². The van der Waals surface area contributed by atoms with Gasteiger partial charge in [0.2, 0.25) is 0 Å². The number of nitrogens with one attached hydrogen (secondary N) is 2. The average Bonchev–Trinajstić information content (AvgIpc) is 3.13. The van der Waals surface area contributed by atoms with E-state index in [-0.39, 0.29) is 11.9 Å². The Labute approximate surface area is 102 Å². The van der Waals surface area contributed by atoms with Crippen molar-refractivity contribution in [3.05, 3.63) is 29.8 Å². The van der Waals surface area contributed by atoms with Crippen LogP contribution in [0.1, 0.15) is 30.1 Å². The molecule has 0 saturated heterocycles. The molecule has 1 aromatic carbocycles. The number of anilines is 1. The van der Waals surface area contributed by atoms with Crippen LogP contribution in [0.4, 0.5) is 5.69 Å². The first-order valence-electron chi connectivity index (χ1n) is 6.06. The van der Waals surface area contributed by atoms with Crippen molar-refractivity contribution >= 4 is 11.6 Å². The fraction of sp³-hybridized carbons (Fsp3) is 0.462. The molecule has 2 rings (SSSR count). The minimum absolute atomic E-state index is 0.0194. The lowest BCUT2D eigenvalue weighted by Gasteiger charge is -2.13. The predicted molar refractivity (Wildman–Crippen MR) is 69.1 cm³/mol. The van der Waals surface area contributed by atoms with Gasteiger partial charge in [-0.05, 0) is 44.0 Å². The molecule has 0 aliphatic heterocycles. The lowest BCUT2D eigenvalue weighted by molar-refractivity contribution is 0.0951. The SMILES string of the molecule is CC(CN)Nc1ccc(C(=O)NC2CC2)cc1. The first-order valence-corrected chi connectivity index (χ1v) is 6.06. The Morgan fingerprint density at radius 3 is 2.59 bits per heavy atom. The molecule has 0 bridgehead atoms. The van der Waals surface area contributed by atoms with Crippen molar-refractivity contribution in [3.63, 3.8) is 0 Å². The molecule has 1 aliphatic rings. The van der Waals surface area contributed by atoms with Crippen LogP contribution in [0.25, 0.3) is 0 Å². The predicted octanol–water partition coefficient (Wildman–Crippen LogP) is 1.34. The largest absolute Gasteiger partial charge is 0.381 e. The van der Waals surface area contributed by atoms with Crippen molar-refractivity contribution in [2.24, 2.45) is 5.73 Å². The Balaban J connectivity index is 1.94. The van der Waals surface area contributed by atoms with Crippen LogP contribution in [0.15, 0.2) is 24.3 Å². The molecule has 0 spiro atoms. The van der Waals surface area contributed by atoms with Gasteiger partial charge >= 0.3 is 0 Å². The van der Waals surface area contributed by atoms with Crippen molar-refractivity contribution in [2.45, 2.75) is 31.8 Å². The molecule has 4 N–H and O–H groups in total. The van der Waals surface area contributed by atoms with Gasteiger partial charge in [0, 0.05) is 29.9 Å². The molecule has 0 heterocycles. The Kier molecular flexibility index (Phi) is 3.64. The second-order valence-corrected chi connectivity index (χ2v) is 4.61. The van der Waals surface area contributed by atoms with Gasteiger partial charge in [-0.25, -0.2) is 0 Å². The van der Waals surface area contributed by atoms with Gasteiger partial charge in [0.25, 0.3) is 5.91 Å². The Bertz CT molecular complexity index is 384. The van der Waals surface area contributed by atoms with Crippen LogP contribution in [-0.4, -0.2) is 24.5 Å². The van der Waals surface area contributed by atoms with Crippen LogP contribution in [0.3, 0.4) is 0 Å². The number of benzene rings is 1. The number of rotatable bonds is 5. The quantitative estimate of drug-likeness (QED) is 0.719. The highest BCUT2D eigenvalue weighted by atomic mass is 16.1. The second kappa shape index (κ2) is 5.19. The number of carbonyl (C=O) groups is 1. The molecule has 4 nitrogen and oxygen atoms in total. The van der Waals surface area contributed by atoms with Gasteiger partial charge in [0.15, 0.2) is 0 Å². The summed E-state index contributed by atoms with van der Waals surface area (Å²) in [5, 5.41) is 6.22. The van der Waals surface area contributed by atoms with Crippen molar-refractivity contribution in [3.8, 4) is 0 Å². The second-order valence-electron chi connectivity index (χ2n) is 4.61. The molecule has 1 unspecified atom stereocenters. The van der Waals surface area contributed by atoms with Crippen molar-refractivity contribution in [1.82, 2.24) is 5.32 Å². The highest BCUT2D eigenvalue weighted by Gasteiger charge is 2.23. The summed E-state index contributed by atoms with van der Waals surface area (Å²) in [6.07, 6.45) is 2.22. The smallest absolute Gasteiger partial charge is 0.251 e. The fourth-order valence-corrected chi connectivity index (χ4v) is 1.56. The minimum atomic E-state index is 0.0194. The van der Waals surface area contributed by atoms with E-state index in [1.165, 1.54) is 0 Å². The van der Waals surface area contributed by atoms with Crippen LogP contribution >= 0.6 is 0 Å². The summed E-state index contributed by atoms with van der Waals surface area (Å²) in [5.74, 6) is 0.0194. The van der Waals surface area contributed by atoms with Gasteiger partial charge in [-0.15, -0.1) is 0 Å². The topological polar surface area (TPSA) is 67.1 Å². The molecule has 1 fully saturated rings. The standard InChI is InChI=1S/C13H19N3O/c1-9(8-14)15-11-4-2-10(3-5-11)13(17)16-12-6-7-12/h2-5,9,12,15H,6-8,14H2,1H3,(H,16,17). The summed E-state index contributed by atoms with van der Waals surface area (Å²) >= 11 is 0. The highest BCUT2D eigenvalue weighted by molar-refractivity contribution is 5.94. The van der Waals surface area contributed by atoms with Gasteiger partial charge in [-0.1, -0.05) is 0 Å². The first-order chi connectivity index (χ1) is 8.19. The molecule has 17 heavy (non-hydrogen) atoms. The molecule has 1 atom stereocenters. The molecular weight excluding hydrogens is 214 g/mol. The van der Waals surface area contributed by atoms with E-state index >= 15 is 0 Å². The summed E-state index contributed by atoms with van der Waals surface area (Å²) < 4.78 is 0. The van der Waals surface area contributed by atoms with Crippen molar-refractivity contribution in [1.29, 1.82) is 0 Å². The Morgan fingerprint density at radius 1 is 1.41 bits per heavy atom. The van der Waals surface area contributed by atoms with Gasteiger partial charge in [0.05, 0.1) is 0 Å². The first kappa shape index (κ1) is 11.9. The van der Waals surface area contributed by atoms with E-state index in [2.05, 4.69) is 10.6 Å². The lowest BCUT2D eigenvalue weighted by atomic mass is 10.2. The summed E-state index contributed by atoms with van der Waals surface area (Å²) in [6.45, 7) is 2.61. The van der Waals surface area contributed by atoms with Gasteiger partial charge in [0.1, 0.15) is 0 Å². The van der Waals surface area contributed by atoms with Gasteiger partial charge < -0.3 is 16.4 Å². The van der Waals surface area contributed by atoms with E-state index in [0.29, 0.717) is 18.2 Å². The molecule has 1 amide bonds. The maximum atomic E-state index is 11.7. The molecule has 0 aromatic heterocycles. The number of nitrogens with two attached hydrogens (primary N) is 1. The fourth-order valence-electron chi connectivity index (χ4n) is 1.56. The molecule has 4 heteroatoms. The zero-order valence-corrected chi connectivity index (χ0v) is 10.1. The van der Waals surface area contributed by atoms with E-state index in [4.69, 9.17) is 5.73 Å². The van der Waals surface area contributed by atoms with Crippen LogP contribution in [-0.2, 0) is 0 Å². The van der Waals surface area contributed by atoms with Crippen molar-refractivity contribution < 1.29 is 4.79 Å². The summed E-state index contributed by atoms with van der Waals surface area (Å²) in [5.41, 5.74) is 7.24. The highest BCUT2D eigenvalue weighted by Crippen LogP contribution is 2.19. The number of carbonyl (C=O) groups excluding carboxylic acids is 1. The number of hydrogen-bond donors (Lipinski definition) is 3.